The largest absolute Gasteiger partial charge is 0.459 e. The Kier molecular flexibility index (Phi) is 5.28. The van der Waals surface area contributed by atoms with Gasteiger partial charge in [0.05, 0.1) is 18.4 Å². The van der Waals surface area contributed by atoms with Gasteiger partial charge in [0, 0.05) is 13.6 Å². The number of halogens is 3. The molecule has 0 radical (unpaired) electrons. The Morgan fingerprint density at radius 3 is 2.38 bits per heavy atom. The van der Waals surface area contributed by atoms with E-state index >= 15 is 0 Å². The van der Waals surface area contributed by atoms with Crippen LogP contribution >= 0.6 is 0 Å². The molecule has 0 fully saturated rings. The molecule has 0 aliphatic carbocycles. The monoisotopic (exact) mass is 340 g/mol. The van der Waals surface area contributed by atoms with E-state index in [1.54, 1.807) is 6.07 Å². The van der Waals surface area contributed by atoms with Gasteiger partial charge in [0.25, 0.3) is 5.91 Å². The molecule has 1 heterocycles. The fourth-order valence-electron chi connectivity index (χ4n) is 1.95. The summed E-state index contributed by atoms with van der Waals surface area (Å²) in [5, 5.41) is 2.41. The van der Waals surface area contributed by atoms with Crippen LogP contribution in [0.1, 0.15) is 21.7 Å². The Hall–Kier alpha value is -2.77. The normalized spacial score (nSPS) is 11.2. The van der Waals surface area contributed by atoms with Gasteiger partial charge in [-0.3, -0.25) is 9.59 Å². The summed E-state index contributed by atoms with van der Waals surface area (Å²) >= 11 is 0. The average molecular weight is 340 g/mol. The third-order valence-corrected chi connectivity index (χ3v) is 3.27. The number of benzene rings is 1. The zero-order valence-electron chi connectivity index (χ0n) is 12.8. The van der Waals surface area contributed by atoms with Crippen LogP contribution in [-0.4, -0.2) is 30.3 Å². The minimum absolute atomic E-state index is 0.0909. The Morgan fingerprint density at radius 2 is 1.83 bits per heavy atom. The third-order valence-electron chi connectivity index (χ3n) is 3.27. The van der Waals surface area contributed by atoms with Gasteiger partial charge in [-0.05, 0) is 29.8 Å². The van der Waals surface area contributed by atoms with Crippen molar-refractivity contribution in [1.29, 1.82) is 0 Å². The predicted molar refractivity (Wildman–Crippen MR) is 79.0 cm³/mol. The zero-order valence-corrected chi connectivity index (χ0v) is 12.8. The molecule has 8 heteroatoms. The number of nitrogens with one attached hydrogen (secondary N) is 1. The lowest BCUT2D eigenvalue weighted by Crippen LogP contribution is -2.37. The molecule has 0 saturated carbocycles. The standard InChI is InChI=1S/C16H15F3N2O3/c1-21(10-11-4-6-12(7-5-11)16(17,18)19)14(22)9-20-15(23)13-3-2-8-24-13/h2-8H,9-10H2,1H3,(H,20,23). The van der Waals surface area contributed by atoms with Crippen LogP contribution in [0, 0.1) is 0 Å². The first-order valence-corrected chi connectivity index (χ1v) is 6.99. The van der Waals surface area contributed by atoms with Crippen molar-refractivity contribution >= 4 is 11.8 Å². The Bertz CT molecular complexity index is 694. The van der Waals surface area contributed by atoms with E-state index in [4.69, 9.17) is 4.42 Å². The summed E-state index contributed by atoms with van der Waals surface area (Å²) in [6.07, 6.45) is -3.05. The fraction of sp³-hybridized carbons (Fsp3) is 0.250. The molecule has 0 aliphatic heterocycles. The average Bonchev–Trinajstić information content (AvgIpc) is 3.06. The highest BCUT2D eigenvalue weighted by Crippen LogP contribution is 2.29. The molecular formula is C16H15F3N2O3. The van der Waals surface area contributed by atoms with Crippen molar-refractivity contribution in [2.75, 3.05) is 13.6 Å². The first-order chi connectivity index (χ1) is 11.3. The van der Waals surface area contributed by atoms with Crippen molar-refractivity contribution < 1.29 is 27.2 Å². The molecule has 1 aromatic heterocycles. The van der Waals surface area contributed by atoms with E-state index in [9.17, 15) is 22.8 Å². The molecule has 0 saturated heterocycles. The van der Waals surface area contributed by atoms with Gasteiger partial charge in [-0.2, -0.15) is 13.2 Å². The summed E-state index contributed by atoms with van der Waals surface area (Å²) in [5.74, 6) is -0.806. The minimum Gasteiger partial charge on any atom is -0.459 e. The summed E-state index contributed by atoms with van der Waals surface area (Å²) in [7, 11) is 1.50. The number of hydrogen-bond acceptors (Lipinski definition) is 3. The topological polar surface area (TPSA) is 62.6 Å². The Morgan fingerprint density at radius 1 is 1.17 bits per heavy atom. The summed E-state index contributed by atoms with van der Waals surface area (Å²) in [4.78, 5) is 24.9. The van der Waals surface area contributed by atoms with E-state index in [2.05, 4.69) is 5.32 Å². The molecule has 0 unspecified atom stereocenters. The fourth-order valence-corrected chi connectivity index (χ4v) is 1.95. The van der Waals surface area contributed by atoms with E-state index in [1.165, 1.54) is 36.4 Å². The lowest BCUT2D eigenvalue weighted by Gasteiger charge is -2.18. The number of amides is 2. The number of alkyl halides is 3. The summed E-state index contributed by atoms with van der Waals surface area (Å²) in [5.41, 5.74) is -0.192. The smallest absolute Gasteiger partial charge is 0.416 e. The van der Waals surface area contributed by atoms with Crippen LogP contribution in [0.5, 0.6) is 0 Å². The Labute approximate surface area is 136 Å². The van der Waals surface area contributed by atoms with Gasteiger partial charge in [0.1, 0.15) is 0 Å². The molecular weight excluding hydrogens is 325 g/mol. The van der Waals surface area contributed by atoms with Gasteiger partial charge in [0.2, 0.25) is 5.91 Å². The Balaban J connectivity index is 1.86. The second-order valence-corrected chi connectivity index (χ2v) is 5.10. The lowest BCUT2D eigenvalue weighted by molar-refractivity contribution is -0.137. The van der Waals surface area contributed by atoms with Crippen LogP contribution in [0.25, 0.3) is 0 Å². The van der Waals surface area contributed by atoms with Gasteiger partial charge in [0.15, 0.2) is 5.76 Å². The number of carbonyl (C=O) groups is 2. The highest BCUT2D eigenvalue weighted by atomic mass is 19.4. The maximum absolute atomic E-state index is 12.5. The minimum atomic E-state index is -4.39. The van der Waals surface area contributed by atoms with E-state index in [0.717, 1.165) is 12.1 Å². The highest BCUT2D eigenvalue weighted by molar-refractivity contribution is 5.94. The van der Waals surface area contributed by atoms with Crippen molar-refractivity contribution in [1.82, 2.24) is 10.2 Å². The maximum atomic E-state index is 12.5. The summed E-state index contributed by atoms with van der Waals surface area (Å²) < 4.78 is 42.4. The van der Waals surface area contributed by atoms with Crippen LogP contribution in [0.15, 0.2) is 47.1 Å². The number of hydrogen-bond donors (Lipinski definition) is 1. The predicted octanol–water partition coefficient (Wildman–Crippen LogP) is 2.69. The molecule has 1 aromatic carbocycles. The highest BCUT2D eigenvalue weighted by Gasteiger charge is 2.30. The van der Waals surface area contributed by atoms with Crippen LogP contribution in [-0.2, 0) is 17.5 Å². The number of nitrogens with zero attached hydrogens (tertiary/aromatic N) is 1. The molecule has 1 N–H and O–H groups in total. The van der Waals surface area contributed by atoms with Crippen molar-refractivity contribution in [3.8, 4) is 0 Å². The first-order valence-electron chi connectivity index (χ1n) is 6.99. The van der Waals surface area contributed by atoms with Crippen molar-refractivity contribution in [3.05, 3.63) is 59.5 Å². The zero-order chi connectivity index (χ0) is 17.7. The molecule has 0 bridgehead atoms. The quantitative estimate of drug-likeness (QED) is 0.910. The number of likely N-dealkylation sites (N-methyl/N-ethyl adjacent to an activating group) is 1. The maximum Gasteiger partial charge on any atom is 0.416 e. The van der Waals surface area contributed by atoms with Crippen molar-refractivity contribution in [2.45, 2.75) is 12.7 Å². The van der Waals surface area contributed by atoms with Gasteiger partial charge in [-0.15, -0.1) is 0 Å². The molecule has 2 aromatic rings. The van der Waals surface area contributed by atoms with Crippen molar-refractivity contribution in [2.24, 2.45) is 0 Å². The van der Waals surface area contributed by atoms with Crippen LogP contribution < -0.4 is 5.32 Å². The van der Waals surface area contributed by atoms with E-state index < -0.39 is 17.6 Å². The third kappa shape index (κ3) is 4.61. The second kappa shape index (κ2) is 7.20. The van der Waals surface area contributed by atoms with Gasteiger partial charge in [-0.25, -0.2) is 0 Å². The SMILES string of the molecule is CN(Cc1ccc(C(F)(F)F)cc1)C(=O)CNC(=O)c1ccco1. The van der Waals surface area contributed by atoms with Crippen LogP contribution in [0.2, 0.25) is 0 Å². The van der Waals surface area contributed by atoms with E-state index in [0.29, 0.717) is 5.56 Å². The number of rotatable bonds is 5. The molecule has 0 spiro atoms. The van der Waals surface area contributed by atoms with Gasteiger partial charge < -0.3 is 14.6 Å². The molecule has 128 valence electrons. The first kappa shape index (κ1) is 17.6. The summed E-state index contributed by atoms with van der Waals surface area (Å²) in [6, 6.07) is 7.57. The second-order valence-electron chi connectivity index (χ2n) is 5.10. The molecule has 2 rings (SSSR count). The van der Waals surface area contributed by atoms with Crippen LogP contribution in [0.3, 0.4) is 0 Å². The molecule has 5 nitrogen and oxygen atoms in total. The van der Waals surface area contributed by atoms with Gasteiger partial charge >= 0.3 is 6.18 Å². The lowest BCUT2D eigenvalue weighted by atomic mass is 10.1. The van der Waals surface area contributed by atoms with Gasteiger partial charge in [-0.1, -0.05) is 12.1 Å². The van der Waals surface area contributed by atoms with E-state index in [-0.39, 0.29) is 24.8 Å². The summed E-state index contributed by atoms with van der Waals surface area (Å²) in [6.45, 7) is -0.107. The molecule has 0 atom stereocenters. The molecule has 2 amide bonds. The molecule has 0 aliphatic rings. The van der Waals surface area contributed by atoms with E-state index in [1.807, 2.05) is 0 Å². The van der Waals surface area contributed by atoms with Crippen molar-refractivity contribution in [3.63, 3.8) is 0 Å². The molecule has 24 heavy (non-hydrogen) atoms. The number of carbonyl (C=O) groups excluding carboxylic acids is 2. The van der Waals surface area contributed by atoms with Crippen LogP contribution in [0.4, 0.5) is 13.2 Å². The number of furan rings is 1.